The van der Waals surface area contributed by atoms with E-state index < -0.39 is 5.72 Å². The monoisotopic (exact) mass is 329 g/mol. The average Bonchev–Trinajstić information content (AvgIpc) is 2.55. The molecule has 1 aliphatic heterocycles. The molecule has 0 amide bonds. The Morgan fingerprint density at radius 3 is 2.52 bits per heavy atom. The molecule has 0 saturated carbocycles. The Morgan fingerprint density at radius 2 is 1.74 bits per heavy atom. The second kappa shape index (κ2) is 5.61. The van der Waals surface area contributed by atoms with Crippen LogP contribution in [0.1, 0.15) is 11.3 Å². The van der Waals surface area contributed by atoms with Gasteiger partial charge in [-0.2, -0.15) is 0 Å². The van der Waals surface area contributed by atoms with Crippen molar-refractivity contribution in [1.29, 1.82) is 0 Å². The van der Waals surface area contributed by atoms with E-state index in [9.17, 15) is 9.50 Å². The summed E-state index contributed by atoms with van der Waals surface area (Å²) in [6.45, 7) is 0. The maximum absolute atomic E-state index is 13.1. The van der Waals surface area contributed by atoms with Gasteiger partial charge in [-0.05, 0) is 24.3 Å². The van der Waals surface area contributed by atoms with Crippen molar-refractivity contribution in [2.24, 2.45) is 4.99 Å². The molecule has 0 fully saturated rings. The van der Waals surface area contributed by atoms with E-state index in [4.69, 9.17) is 0 Å². The largest absolute Gasteiger partial charge is 1.00 e. The third kappa shape index (κ3) is 2.34. The zero-order chi connectivity index (χ0) is 15.2. The van der Waals surface area contributed by atoms with Crippen molar-refractivity contribution >= 4 is 17.2 Å². The SMILES string of the molecule is OC1(c2ccc(F)cc2)N=CN[n+]2c1ccc1ccccc12.[Cl-]. The number of hydrogen-bond acceptors (Lipinski definition) is 3. The van der Waals surface area contributed by atoms with Crippen molar-refractivity contribution in [3.05, 3.63) is 77.7 Å². The fourth-order valence-corrected chi connectivity index (χ4v) is 2.77. The molecule has 3 aromatic rings. The first-order valence-corrected chi connectivity index (χ1v) is 6.91. The van der Waals surface area contributed by atoms with Crippen LogP contribution in [-0.2, 0) is 5.72 Å². The van der Waals surface area contributed by atoms with E-state index in [-0.39, 0.29) is 18.2 Å². The van der Waals surface area contributed by atoms with Crippen LogP contribution in [0.3, 0.4) is 0 Å². The van der Waals surface area contributed by atoms with Crippen molar-refractivity contribution in [2.45, 2.75) is 5.72 Å². The van der Waals surface area contributed by atoms with E-state index in [0.717, 1.165) is 10.9 Å². The summed E-state index contributed by atoms with van der Waals surface area (Å²) in [5.74, 6) is -0.350. The third-order valence-electron chi connectivity index (χ3n) is 3.88. The molecule has 0 saturated heterocycles. The molecule has 6 heteroatoms. The minimum atomic E-state index is -1.55. The van der Waals surface area contributed by atoms with Gasteiger partial charge in [-0.1, -0.05) is 28.9 Å². The van der Waals surface area contributed by atoms with Gasteiger partial charge in [0.15, 0.2) is 0 Å². The summed E-state index contributed by atoms with van der Waals surface area (Å²) in [5, 5.41) is 12.1. The first-order chi connectivity index (χ1) is 10.7. The molecule has 0 bridgehead atoms. The molecule has 0 aliphatic carbocycles. The summed E-state index contributed by atoms with van der Waals surface area (Å²) < 4.78 is 14.9. The molecule has 1 aliphatic rings. The summed E-state index contributed by atoms with van der Waals surface area (Å²) in [5.41, 5.74) is 3.48. The molecule has 2 N–H and O–H groups in total. The van der Waals surface area contributed by atoms with Crippen molar-refractivity contribution < 1.29 is 26.6 Å². The topological polar surface area (TPSA) is 48.5 Å². The van der Waals surface area contributed by atoms with E-state index in [1.54, 1.807) is 4.68 Å². The number of rotatable bonds is 1. The lowest BCUT2D eigenvalue weighted by molar-refractivity contribution is -0.630. The van der Waals surface area contributed by atoms with Crippen LogP contribution < -0.4 is 22.5 Å². The number of aromatic nitrogens is 1. The number of fused-ring (bicyclic) bond motifs is 3. The highest BCUT2D eigenvalue weighted by atomic mass is 35.5. The van der Waals surface area contributed by atoms with Crippen molar-refractivity contribution in [3.8, 4) is 0 Å². The molecule has 23 heavy (non-hydrogen) atoms. The smallest absolute Gasteiger partial charge is 0.273 e. The third-order valence-corrected chi connectivity index (χ3v) is 3.88. The maximum Gasteiger partial charge on any atom is 0.273 e. The van der Waals surface area contributed by atoms with Crippen LogP contribution in [0.4, 0.5) is 4.39 Å². The zero-order valence-electron chi connectivity index (χ0n) is 11.9. The van der Waals surface area contributed by atoms with Gasteiger partial charge >= 0.3 is 0 Å². The lowest BCUT2D eigenvalue weighted by Gasteiger charge is -2.24. The maximum atomic E-state index is 13.1. The number of aliphatic hydroxyl groups is 1. The number of hydrogen-bond donors (Lipinski definition) is 2. The van der Waals surface area contributed by atoms with Gasteiger partial charge in [-0.25, -0.2) is 9.38 Å². The van der Waals surface area contributed by atoms with Gasteiger partial charge in [0.25, 0.3) is 11.4 Å². The van der Waals surface area contributed by atoms with E-state index in [1.807, 2.05) is 36.4 Å². The number of halogens is 2. The van der Waals surface area contributed by atoms with Crippen LogP contribution in [-0.4, -0.2) is 11.4 Å². The van der Waals surface area contributed by atoms with Gasteiger partial charge in [0.05, 0.1) is 0 Å². The van der Waals surface area contributed by atoms with Crippen LogP contribution in [0.2, 0.25) is 0 Å². The molecule has 2 heterocycles. The molecule has 4 rings (SSSR count). The fraction of sp³-hybridized carbons (Fsp3) is 0.0588. The minimum absolute atomic E-state index is 0. The first-order valence-electron chi connectivity index (χ1n) is 6.91. The fourth-order valence-electron chi connectivity index (χ4n) is 2.77. The van der Waals surface area contributed by atoms with Crippen LogP contribution in [0.15, 0.2) is 65.7 Å². The predicted octanol–water partition coefficient (Wildman–Crippen LogP) is -0.951. The molecule has 1 unspecified atom stereocenters. The average molecular weight is 330 g/mol. The van der Waals surface area contributed by atoms with Crippen molar-refractivity contribution in [1.82, 2.24) is 0 Å². The highest BCUT2D eigenvalue weighted by Crippen LogP contribution is 2.31. The summed E-state index contributed by atoms with van der Waals surface area (Å²) in [4.78, 5) is 4.19. The van der Waals surface area contributed by atoms with Crippen LogP contribution in [0.5, 0.6) is 0 Å². The molecule has 0 spiro atoms. The highest BCUT2D eigenvalue weighted by Gasteiger charge is 2.42. The Labute approximate surface area is 138 Å². The number of nitrogens with zero attached hydrogens (tertiary/aromatic N) is 2. The Bertz CT molecular complexity index is 898. The van der Waals surface area contributed by atoms with Crippen molar-refractivity contribution in [3.63, 3.8) is 0 Å². The molecule has 1 atom stereocenters. The van der Waals surface area contributed by atoms with Crippen molar-refractivity contribution in [2.75, 3.05) is 5.43 Å². The van der Waals surface area contributed by atoms with E-state index >= 15 is 0 Å². The summed E-state index contributed by atoms with van der Waals surface area (Å²) in [6, 6.07) is 17.3. The van der Waals surface area contributed by atoms with Gasteiger partial charge in [0.1, 0.15) is 12.2 Å². The predicted molar refractivity (Wildman–Crippen MR) is 81.4 cm³/mol. The van der Waals surface area contributed by atoms with Crippen LogP contribution >= 0.6 is 0 Å². The normalized spacial score (nSPS) is 18.9. The second-order valence-corrected chi connectivity index (χ2v) is 5.18. The Morgan fingerprint density at radius 1 is 1.00 bits per heavy atom. The molecule has 2 aromatic carbocycles. The van der Waals surface area contributed by atoms with E-state index in [2.05, 4.69) is 10.4 Å². The minimum Gasteiger partial charge on any atom is -1.00 e. The van der Waals surface area contributed by atoms with Gasteiger partial charge in [0.2, 0.25) is 5.52 Å². The number of para-hydroxylation sites is 1. The molecule has 4 nitrogen and oxygen atoms in total. The molecular weight excluding hydrogens is 317 g/mol. The standard InChI is InChI=1S/C17H13FN3O.ClH/c18-14-8-6-13(7-9-14)17(22)16-10-5-12-3-1-2-4-15(12)21(16)20-11-19-17;/h1-11,22H,(H,19,20);1H/q+1;/p-1. The van der Waals surface area contributed by atoms with Gasteiger partial charge in [0, 0.05) is 23.1 Å². The zero-order valence-corrected chi connectivity index (χ0v) is 12.7. The number of nitrogens with one attached hydrogen (secondary N) is 1. The summed E-state index contributed by atoms with van der Waals surface area (Å²) >= 11 is 0. The lowest BCUT2D eigenvalue weighted by Crippen LogP contribution is -3.00. The Balaban J connectivity index is 0.00000156. The lowest BCUT2D eigenvalue weighted by atomic mass is 9.98. The highest BCUT2D eigenvalue weighted by molar-refractivity contribution is 5.77. The Kier molecular flexibility index (Phi) is 3.75. The molecular formula is C17H13ClFN3O. The van der Waals surface area contributed by atoms with Gasteiger partial charge < -0.3 is 17.5 Å². The van der Waals surface area contributed by atoms with Crippen LogP contribution in [0.25, 0.3) is 10.9 Å². The van der Waals surface area contributed by atoms with E-state index in [1.165, 1.54) is 30.6 Å². The quantitative estimate of drug-likeness (QED) is 0.566. The summed E-state index contributed by atoms with van der Waals surface area (Å²) in [7, 11) is 0. The van der Waals surface area contributed by atoms with Gasteiger partial charge in [-0.15, -0.1) is 5.43 Å². The van der Waals surface area contributed by atoms with E-state index in [0.29, 0.717) is 11.3 Å². The Hall–Kier alpha value is -2.50. The number of aliphatic imine (C=N–C) groups is 1. The number of pyridine rings is 1. The van der Waals surface area contributed by atoms with Crippen LogP contribution in [0, 0.1) is 5.82 Å². The first kappa shape index (κ1) is 15.4. The summed E-state index contributed by atoms with van der Waals surface area (Å²) in [6.07, 6.45) is 1.45. The molecule has 0 radical (unpaired) electrons. The number of benzene rings is 2. The van der Waals surface area contributed by atoms with Gasteiger partial charge in [-0.3, -0.25) is 0 Å². The molecule has 1 aromatic heterocycles. The second-order valence-electron chi connectivity index (χ2n) is 5.18. The molecule has 116 valence electrons.